The van der Waals surface area contributed by atoms with Crippen molar-refractivity contribution in [3.63, 3.8) is 0 Å². The number of hydrogen-bond donors (Lipinski definition) is 3. The Morgan fingerprint density at radius 1 is 1.41 bits per heavy atom. The number of phenolic OH excluding ortho intramolecular Hbond substituents is 1. The minimum atomic E-state index is -3.02. The second-order valence-electron chi connectivity index (χ2n) is 3.44. The van der Waals surface area contributed by atoms with E-state index in [9.17, 15) is 18.0 Å². The van der Waals surface area contributed by atoms with E-state index in [4.69, 9.17) is 15.9 Å². The number of aliphatic carboxylic acids is 1. The number of carboxylic acid groups (broad SMARTS) is 1. The van der Waals surface area contributed by atoms with Crippen molar-refractivity contribution in [3.8, 4) is 5.75 Å². The second kappa shape index (κ2) is 5.05. The van der Waals surface area contributed by atoms with E-state index >= 15 is 0 Å². The van der Waals surface area contributed by atoms with Crippen molar-refractivity contribution in [3.05, 3.63) is 29.1 Å². The lowest BCUT2D eigenvalue weighted by Crippen LogP contribution is -2.33. The normalized spacial score (nSPS) is 12.8. The number of aromatic hydroxyl groups is 1. The predicted octanol–water partition coefficient (Wildman–Crippen LogP) is 1.42. The van der Waals surface area contributed by atoms with Gasteiger partial charge in [-0.3, -0.25) is 4.79 Å². The number of phenols is 1. The lowest BCUT2D eigenvalue weighted by molar-refractivity contribution is -0.138. The monoisotopic (exact) mass is 249 g/mol. The molecule has 0 unspecified atom stereocenters. The molecule has 94 valence electrons. The lowest BCUT2D eigenvalue weighted by Gasteiger charge is -2.13. The van der Waals surface area contributed by atoms with E-state index in [0.717, 1.165) is 0 Å². The smallest absolute Gasteiger partial charge is 0.320 e. The van der Waals surface area contributed by atoms with Crippen LogP contribution in [0.4, 0.5) is 13.2 Å². The van der Waals surface area contributed by atoms with Crippen LogP contribution in [0.2, 0.25) is 0 Å². The predicted molar refractivity (Wildman–Crippen MR) is 52.3 cm³/mol. The first kappa shape index (κ1) is 13.3. The van der Waals surface area contributed by atoms with Gasteiger partial charge in [-0.2, -0.15) is 0 Å². The molecule has 0 spiro atoms. The van der Waals surface area contributed by atoms with Crippen molar-refractivity contribution in [1.29, 1.82) is 0 Å². The van der Waals surface area contributed by atoms with Gasteiger partial charge in [0.05, 0.1) is 0 Å². The molecule has 17 heavy (non-hydrogen) atoms. The molecule has 0 aliphatic heterocycles. The van der Waals surface area contributed by atoms with Gasteiger partial charge >= 0.3 is 5.97 Å². The Bertz CT molecular complexity index is 437. The molecule has 1 aromatic carbocycles. The van der Waals surface area contributed by atoms with Gasteiger partial charge in [-0.1, -0.05) is 0 Å². The summed E-state index contributed by atoms with van der Waals surface area (Å²) in [6.45, 7) is 0. The summed E-state index contributed by atoms with van der Waals surface area (Å²) in [7, 11) is 0. The molecule has 0 aliphatic carbocycles. The Morgan fingerprint density at radius 3 is 2.47 bits per heavy atom. The first-order valence-electron chi connectivity index (χ1n) is 4.60. The summed E-state index contributed by atoms with van der Waals surface area (Å²) in [5.41, 5.74) is 3.91. The van der Waals surface area contributed by atoms with Gasteiger partial charge in [0.2, 0.25) is 0 Å². The van der Waals surface area contributed by atoms with E-state index in [0.29, 0.717) is 12.1 Å². The zero-order valence-corrected chi connectivity index (χ0v) is 8.53. The van der Waals surface area contributed by atoms with Crippen LogP contribution in [0.3, 0.4) is 0 Å². The maximum Gasteiger partial charge on any atom is 0.320 e. The van der Waals surface area contributed by atoms with Crippen LogP contribution in [-0.4, -0.2) is 22.2 Å². The van der Waals surface area contributed by atoms with Crippen molar-refractivity contribution in [1.82, 2.24) is 0 Å². The van der Waals surface area contributed by atoms with Crippen LogP contribution in [0.1, 0.15) is 17.6 Å². The van der Waals surface area contributed by atoms with Gasteiger partial charge in [0.25, 0.3) is 6.43 Å². The Balaban J connectivity index is 3.17. The highest BCUT2D eigenvalue weighted by Crippen LogP contribution is 2.29. The largest absolute Gasteiger partial charge is 0.508 e. The van der Waals surface area contributed by atoms with Gasteiger partial charge in [0.15, 0.2) is 0 Å². The number of alkyl halides is 2. The van der Waals surface area contributed by atoms with Crippen LogP contribution in [-0.2, 0) is 11.2 Å². The molecule has 0 aromatic heterocycles. The first-order chi connectivity index (χ1) is 7.82. The van der Waals surface area contributed by atoms with Gasteiger partial charge < -0.3 is 15.9 Å². The van der Waals surface area contributed by atoms with E-state index < -0.39 is 47.6 Å². The van der Waals surface area contributed by atoms with Crippen molar-refractivity contribution in [2.45, 2.75) is 18.9 Å². The van der Waals surface area contributed by atoms with Crippen LogP contribution >= 0.6 is 0 Å². The third-order valence-electron chi connectivity index (χ3n) is 2.19. The highest BCUT2D eigenvalue weighted by Gasteiger charge is 2.22. The highest BCUT2D eigenvalue weighted by molar-refractivity contribution is 5.73. The van der Waals surface area contributed by atoms with E-state index in [1.807, 2.05) is 0 Å². The van der Waals surface area contributed by atoms with E-state index in [1.54, 1.807) is 0 Å². The molecule has 0 amide bonds. The van der Waals surface area contributed by atoms with Crippen molar-refractivity contribution in [2.75, 3.05) is 0 Å². The summed E-state index contributed by atoms with van der Waals surface area (Å²) >= 11 is 0. The number of halogens is 3. The summed E-state index contributed by atoms with van der Waals surface area (Å²) in [5.74, 6) is -3.17. The zero-order chi connectivity index (χ0) is 13.2. The maximum absolute atomic E-state index is 13.4. The maximum atomic E-state index is 13.4. The average molecular weight is 249 g/mol. The van der Waals surface area contributed by atoms with Crippen molar-refractivity contribution >= 4 is 5.97 Å². The summed E-state index contributed by atoms with van der Waals surface area (Å²) in [5, 5.41) is 17.5. The minimum absolute atomic E-state index is 0.493. The van der Waals surface area contributed by atoms with E-state index in [2.05, 4.69) is 0 Å². The third kappa shape index (κ3) is 3.10. The zero-order valence-electron chi connectivity index (χ0n) is 8.53. The van der Waals surface area contributed by atoms with Crippen LogP contribution < -0.4 is 5.73 Å². The Morgan fingerprint density at radius 2 is 2.00 bits per heavy atom. The number of benzene rings is 1. The first-order valence-corrected chi connectivity index (χ1v) is 4.60. The molecular formula is C10H10F3NO3. The fourth-order valence-electron chi connectivity index (χ4n) is 1.36. The van der Waals surface area contributed by atoms with Gasteiger partial charge in [0, 0.05) is 18.1 Å². The number of hydrogen-bond acceptors (Lipinski definition) is 3. The molecule has 1 aromatic rings. The second-order valence-corrected chi connectivity index (χ2v) is 3.44. The highest BCUT2D eigenvalue weighted by atomic mass is 19.3. The lowest BCUT2D eigenvalue weighted by atomic mass is 9.99. The average Bonchev–Trinajstić information content (AvgIpc) is 2.20. The summed E-state index contributed by atoms with van der Waals surface area (Å²) in [6, 6.07) is -0.153. The van der Waals surface area contributed by atoms with Gasteiger partial charge in [-0.25, -0.2) is 13.2 Å². The molecule has 0 radical (unpaired) electrons. The minimum Gasteiger partial charge on any atom is -0.508 e. The number of carbonyl (C=O) groups is 1. The molecule has 1 atom stereocenters. The summed E-state index contributed by atoms with van der Waals surface area (Å²) < 4.78 is 38.5. The molecule has 7 heteroatoms. The van der Waals surface area contributed by atoms with E-state index in [-0.39, 0.29) is 0 Å². The number of carboxylic acids is 1. The summed E-state index contributed by atoms with van der Waals surface area (Å²) in [6.07, 6.45) is -3.59. The van der Waals surface area contributed by atoms with E-state index in [1.165, 1.54) is 0 Å². The molecule has 0 bridgehead atoms. The third-order valence-corrected chi connectivity index (χ3v) is 2.19. The van der Waals surface area contributed by atoms with Crippen LogP contribution in [0.5, 0.6) is 5.75 Å². The number of nitrogens with two attached hydrogens (primary N) is 1. The molecule has 0 aliphatic rings. The molecule has 0 saturated heterocycles. The van der Waals surface area contributed by atoms with Gasteiger partial charge in [-0.15, -0.1) is 0 Å². The van der Waals surface area contributed by atoms with Crippen molar-refractivity contribution in [2.24, 2.45) is 5.73 Å². The van der Waals surface area contributed by atoms with Gasteiger partial charge in [-0.05, 0) is 11.6 Å². The van der Waals surface area contributed by atoms with Crippen LogP contribution in [0, 0.1) is 5.82 Å². The Kier molecular flexibility index (Phi) is 3.95. The van der Waals surface area contributed by atoms with Crippen LogP contribution in [0.25, 0.3) is 0 Å². The molecule has 1 rings (SSSR count). The molecule has 0 saturated carbocycles. The molecule has 4 N–H and O–H groups in total. The summed E-state index contributed by atoms with van der Waals surface area (Å²) in [4.78, 5) is 10.5. The fourth-order valence-corrected chi connectivity index (χ4v) is 1.36. The molecule has 4 nitrogen and oxygen atoms in total. The van der Waals surface area contributed by atoms with Crippen LogP contribution in [0.15, 0.2) is 12.1 Å². The Hall–Kier alpha value is -1.76. The molecule has 0 fully saturated rings. The topological polar surface area (TPSA) is 83.5 Å². The van der Waals surface area contributed by atoms with Gasteiger partial charge in [0.1, 0.15) is 17.6 Å². The quantitative estimate of drug-likeness (QED) is 0.753. The number of rotatable bonds is 4. The molecular weight excluding hydrogens is 239 g/mol. The van der Waals surface area contributed by atoms with Crippen molar-refractivity contribution < 1.29 is 28.2 Å². The SMILES string of the molecule is N[C@@H](Cc1c(F)cc(O)cc1C(F)F)C(=O)O. The standard InChI is InChI=1S/C10H10F3NO3/c11-7-2-4(15)1-6(9(12)13)5(7)3-8(14)10(16)17/h1-2,8-9,15H,3,14H2,(H,16,17)/t8-/m0/s1. The molecule has 0 heterocycles. The Labute approximate surface area is 94.5 Å². The fraction of sp³-hybridized carbons (Fsp3) is 0.300.